The number of rotatable bonds is 5. The summed E-state index contributed by atoms with van der Waals surface area (Å²) in [6.45, 7) is 5.11. The number of hydrogen-bond donors (Lipinski definition) is 1. The Morgan fingerprint density at radius 2 is 2.44 bits per heavy atom. The van der Waals surface area contributed by atoms with Crippen molar-refractivity contribution in [3.05, 3.63) is 24.2 Å². The van der Waals surface area contributed by atoms with Crippen LogP contribution in [0.2, 0.25) is 0 Å². The third-order valence-corrected chi connectivity index (χ3v) is 3.06. The van der Waals surface area contributed by atoms with Crippen molar-refractivity contribution >= 4 is 5.91 Å². The van der Waals surface area contributed by atoms with Crippen molar-refractivity contribution in [1.29, 1.82) is 0 Å². The molecule has 2 unspecified atom stereocenters. The molecule has 0 spiro atoms. The molecule has 0 radical (unpaired) electrons. The first-order valence-corrected chi connectivity index (χ1v) is 5.99. The van der Waals surface area contributed by atoms with E-state index in [-0.39, 0.29) is 11.8 Å². The summed E-state index contributed by atoms with van der Waals surface area (Å²) in [4.78, 5) is 11.7. The first kappa shape index (κ1) is 11.2. The Hall–Kier alpha value is -1.25. The van der Waals surface area contributed by atoms with E-state index in [2.05, 4.69) is 19.2 Å². The first-order valence-electron chi connectivity index (χ1n) is 5.99. The normalized spacial score (nSPS) is 23.4. The van der Waals surface area contributed by atoms with Crippen molar-refractivity contribution in [1.82, 2.24) is 5.32 Å². The molecule has 1 fully saturated rings. The summed E-state index contributed by atoms with van der Waals surface area (Å²) in [7, 11) is 0. The molecule has 0 saturated heterocycles. The Labute approximate surface area is 96.2 Å². The Kier molecular flexibility index (Phi) is 3.32. The summed E-state index contributed by atoms with van der Waals surface area (Å²) < 4.78 is 5.30. The standard InChI is InChI=1S/C13H19NO2/c1-9(2)5-6-14-13(15)11-8-10(11)12-4-3-7-16-12/h3-4,7,9-11H,5-6,8H2,1-2H3,(H,14,15). The lowest BCUT2D eigenvalue weighted by atomic mass is 10.1. The van der Waals surface area contributed by atoms with Gasteiger partial charge < -0.3 is 9.73 Å². The molecule has 0 aliphatic heterocycles. The molecule has 1 aliphatic carbocycles. The van der Waals surface area contributed by atoms with Crippen LogP contribution in [0.3, 0.4) is 0 Å². The van der Waals surface area contributed by atoms with Crippen LogP contribution in [0, 0.1) is 11.8 Å². The zero-order chi connectivity index (χ0) is 11.5. The maximum atomic E-state index is 11.7. The van der Waals surface area contributed by atoms with Gasteiger partial charge in [-0.25, -0.2) is 0 Å². The molecule has 2 rings (SSSR count). The van der Waals surface area contributed by atoms with Gasteiger partial charge in [-0.2, -0.15) is 0 Å². The average Bonchev–Trinajstić information content (AvgIpc) is 2.85. The topological polar surface area (TPSA) is 42.2 Å². The highest BCUT2D eigenvalue weighted by molar-refractivity contribution is 5.82. The smallest absolute Gasteiger partial charge is 0.223 e. The van der Waals surface area contributed by atoms with Crippen LogP contribution in [-0.2, 0) is 4.79 Å². The zero-order valence-corrected chi connectivity index (χ0v) is 9.90. The summed E-state index contributed by atoms with van der Waals surface area (Å²) in [6, 6.07) is 3.83. The van der Waals surface area contributed by atoms with Crippen LogP contribution >= 0.6 is 0 Å². The van der Waals surface area contributed by atoms with Crippen LogP contribution in [0.25, 0.3) is 0 Å². The molecule has 3 heteroatoms. The van der Waals surface area contributed by atoms with Gasteiger partial charge in [0.2, 0.25) is 5.91 Å². The maximum Gasteiger partial charge on any atom is 0.223 e. The quantitative estimate of drug-likeness (QED) is 0.830. The highest BCUT2D eigenvalue weighted by Crippen LogP contribution is 2.47. The molecule has 1 heterocycles. The second-order valence-electron chi connectivity index (χ2n) is 4.94. The van der Waals surface area contributed by atoms with E-state index in [4.69, 9.17) is 4.42 Å². The molecule has 1 N–H and O–H groups in total. The summed E-state index contributed by atoms with van der Waals surface area (Å²) in [5.41, 5.74) is 0. The van der Waals surface area contributed by atoms with Crippen LogP contribution in [0.5, 0.6) is 0 Å². The predicted molar refractivity (Wildman–Crippen MR) is 62.0 cm³/mol. The van der Waals surface area contributed by atoms with Crippen molar-refractivity contribution < 1.29 is 9.21 Å². The van der Waals surface area contributed by atoms with Crippen molar-refractivity contribution in [3.8, 4) is 0 Å². The van der Waals surface area contributed by atoms with E-state index < -0.39 is 0 Å². The van der Waals surface area contributed by atoms with Gasteiger partial charge >= 0.3 is 0 Å². The van der Waals surface area contributed by atoms with Crippen LogP contribution in [0.1, 0.15) is 38.4 Å². The number of hydrogen-bond acceptors (Lipinski definition) is 2. The fourth-order valence-electron chi connectivity index (χ4n) is 1.92. The van der Waals surface area contributed by atoms with Gasteiger partial charge in [0.05, 0.1) is 6.26 Å². The van der Waals surface area contributed by atoms with Crippen molar-refractivity contribution in [2.75, 3.05) is 6.54 Å². The van der Waals surface area contributed by atoms with E-state index in [1.54, 1.807) is 6.26 Å². The lowest BCUT2D eigenvalue weighted by molar-refractivity contribution is -0.122. The monoisotopic (exact) mass is 221 g/mol. The van der Waals surface area contributed by atoms with Crippen molar-refractivity contribution in [2.45, 2.75) is 32.6 Å². The van der Waals surface area contributed by atoms with E-state index in [0.717, 1.165) is 25.1 Å². The van der Waals surface area contributed by atoms with Crippen LogP contribution in [-0.4, -0.2) is 12.5 Å². The van der Waals surface area contributed by atoms with Gasteiger partial charge in [-0.3, -0.25) is 4.79 Å². The minimum atomic E-state index is 0.137. The highest BCUT2D eigenvalue weighted by Gasteiger charge is 2.45. The van der Waals surface area contributed by atoms with Crippen molar-refractivity contribution in [3.63, 3.8) is 0 Å². The fourth-order valence-corrected chi connectivity index (χ4v) is 1.92. The molecule has 0 aromatic carbocycles. The van der Waals surface area contributed by atoms with E-state index in [1.807, 2.05) is 12.1 Å². The molecule has 1 aromatic rings. The molecular weight excluding hydrogens is 202 g/mol. The minimum absolute atomic E-state index is 0.137. The van der Waals surface area contributed by atoms with Crippen LogP contribution in [0.15, 0.2) is 22.8 Å². The number of carbonyl (C=O) groups is 1. The van der Waals surface area contributed by atoms with Crippen LogP contribution < -0.4 is 5.32 Å². The largest absolute Gasteiger partial charge is 0.469 e. The third kappa shape index (κ3) is 2.65. The van der Waals surface area contributed by atoms with E-state index >= 15 is 0 Å². The second kappa shape index (κ2) is 4.73. The molecule has 0 bridgehead atoms. The minimum Gasteiger partial charge on any atom is -0.469 e. The fraction of sp³-hybridized carbons (Fsp3) is 0.615. The second-order valence-corrected chi connectivity index (χ2v) is 4.94. The summed E-state index contributed by atoms with van der Waals surface area (Å²) in [5.74, 6) is 2.22. The molecule has 2 atom stereocenters. The summed E-state index contributed by atoms with van der Waals surface area (Å²) in [6.07, 6.45) is 3.65. The number of nitrogens with one attached hydrogen (secondary N) is 1. The number of amides is 1. The Morgan fingerprint density at radius 3 is 3.06 bits per heavy atom. The Bertz CT molecular complexity index is 343. The highest BCUT2D eigenvalue weighted by atomic mass is 16.3. The van der Waals surface area contributed by atoms with Gasteiger partial charge in [0, 0.05) is 18.4 Å². The van der Waals surface area contributed by atoms with Gasteiger partial charge in [-0.05, 0) is 30.9 Å². The average molecular weight is 221 g/mol. The van der Waals surface area contributed by atoms with Gasteiger partial charge in [0.1, 0.15) is 5.76 Å². The zero-order valence-electron chi connectivity index (χ0n) is 9.90. The molecule has 3 nitrogen and oxygen atoms in total. The summed E-state index contributed by atoms with van der Waals surface area (Å²) >= 11 is 0. The SMILES string of the molecule is CC(C)CCNC(=O)C1CC1c1ccco1. The number of furan rings is 1. The molecule has 1 amide bonds. The van der Waals surface area contributed by atoms with Crippen molar-refractivity contribution in [2.24, 2.45) is 11.8 Å². The predicted octanol–water partition coefficient (Wildman–Crippen LogP) is 2.55. The van der Waals surface area contributed by atoms with E-state index in [0.29, 0.717) is 11.8 Å². The molecule has 1 aliphatic rings. The van der Waals surface area contributed by atoms with E-state index in [1.165, 1.54) is 0 Å². The first-order chi connectivity index (χ1) is 7.68. The van der Waals surface area contributed by atoms with Gasteiger partial charge in [0.15, 0.2) is 0 Å². The molecule has 1 saturated carbocycles. The maximum absolute atomic E-state index is 11.7. The lowest BCUT2D eigenvalue weighted by Gasteiger charge is -2.06. The molecule has 16 heavy (non-hydrogen) atoms. The lowest BCUT2D eigenvalue weighted by Crippen LogP contribution is -2.27. The Morgan fingerprint density at radius 1 is 1.62 bits per heavy atom. The summed E-state index contributed by atoms with van der Waals surface area (Å²) in [5, 5.41) is 2.99. The van der Waals surface area contributed by atoms with E-state index in [9.17, 15) is 4.79 Å². The Balaban J connectivity index is 1.73. The molecular formula is C13H19NO2. The number of carbonyl (C=O) groups excluding carboxylic acids is 1. The van der Waals surface area contributed by atoms with Gasteiger partial charge in [0.25, 0.3) is 0 Å². The van der Waals surface area contributed by atoms with Gasteiger partial charge in [-0.15, -0.1) is 0 Å². The third-order valence-electron chi connectivity index (χ3n) is 3.06. The molecule has 1 aromatic heterocycles. The van der Waals surface area contributed by atoms with Crippen LogP contribution in [0.4, 0.5) is 0 Å². The molecule has 88 valence electrons. The van der Waals surface area contributed by atoms with Gasteiger partial charge in [-0.1, -0.05) is 13.8 Å².